The van der Waals surface area contributed by atoms with Crippen molar-refractivity contribution in [2.45, 2.75) is 56.3 Å². The summed E-state index contributed by atoms with van der Waals surface area (Å²) >= 11 is 0. The molecule has 2 aromatic rings. The molecule has 1 saturated heterocycles. The van der Waals surface area contributed by atoms with E-state index < -0.39 is 54.3 Å². The van der Waals surface area contributed by atoms with E-state index in [1.165, 1.54) is 0 Å². The largest absolute Gasteiger partial charge is 0.452 e. The zero-order valence-electron chi connectivity index (χ0n) is 17.1. The van der Waals surface area contributed by atoms with Crippen LogP contribution in [0.15, 0.2) is 60.7 Å². The van der Waals surface area contributed by atoms with Crippen LogP contribution in [0.3, 0.4) is 0 Å². The Labute approximate surface area is 179 Å². The Hall–Kier alpha value is -2.78. The number of hydrogen-bond donors (Lipinski definition) is 2. The number of benzene rings is 2. The van der Waals surface area contributed by atoms with Crippen LogP contribution in [-0.2, 0) is 18.9 Å². The highest BCUT2D eigenvalue weighted by Gasteiger charge is 2.60. The fourth-order valence-electron chi connectivity index (χ4n) is 3.91. The van der Waals surface area contributed by atoms with Crippen molar-refractivity contribution < 1.29 is 38.7 Å². The number of aliphatic hydroxyl groups excluding tert-OH is 2. The molecule has 8 nitrogen and oxygen atoms in total. The van der Waals surface area contributed by atoms with Gasteiger partial charge in [-0.15, -0.1) is 0 Å². The second kappa shape index (κ2) is 8.39. The smallest absolute Gasteiger partial charge is 0.338 e. The second-order valence-corrected chi connectivity index (χ2v) is 8.02. The van der Waals surface area contributed by atoms with Gasteiger partial charge >= 0.3 is 11.9 Å². The number of hydrogen-bond acceptors (Lipinski definition) is 8. The molecule has 6 atom stereocenters. The van der Waals surface area contributed by atoms with Crippen LogP contribution in [0.4, 0.5) is 0 Å². The van der Waals surface area contributed by atoms with Crippen LogP contribution in [0, 0.1) is 0 Å². The Kier molecular flexibility index (Phi) is 5.81. The zero-order valence-corrected chi connectivity index (χ0v) is 17.1. The Morgan fingerprint density at radius 2 is 1.10 bits per heavy atom. The first-order valence-electron chi connectivity index (χ1n) is 10.0. The lowest BCUT2D eigenvalue weighted by atomic mass is 9.84. The second-order valence-electron chi connectivity index (χ2n) is 8.02. The highest BCUT2D eigenvalue weighted by atomic mass is 16.8. The number of aliphatic hydroxyl groups is 2. The van der Waals surface area contributed by atoms with Gasteiger partial charge in [-0.05, 0) is 38.1 Å². The van der Waals surface area contributed by atoms with Gasteiger partial charge in [0, 0.05) is 0 Å². The predicted molar refractivity (Wildman–Crippen MR) is 107 cm³/mol. The van der Waals surface area contributed by atoms with Gasteiger partial charge in [0.05, 0.1) is 11.1 Å². The van der Waals surface area contributed by atoms with E-state index in [0.29, 0.717) is 0 Å². The molecule has 4 rings (SSSR count). The van der Waals surface area contributed by atoms with Gasteiger partial charge in [0.15, 0.2) is 18.0 Å². The third-order valence-corrected chi connectivity index (χ3v) is 5.34. The fourth-order valence-corrected chi connectivity index (χ4v) is 3.91. The summed E-state index contributed by atoms with van der Waals surface area (Å²) in [6.07, 6.45) is -7.45. The maximum Gasteiger partial charge on any atom is 0.338 e. The lowest BCUT2D eigenvalue weighted by Gasteiger charge is -2.42. The summed E-state index contributed by atoms with van der Waals surface area (Å²) in [5.41, 5.74) is 0.506. The van der Waals surface area contributed by atoms with E-state index in [0.717, 1.165) is 0 Å². The Morgan fingerprint density at radius 1 is 0.742 bits per heavy atom. The molecule has 0 radical (unpaired) electrons. The summed E-state index contributed by atoms with van der Waals surface area (Å²) in [5.74, 6) is -2.53. The van der Waals surface area contributed by atoms with Gasteiger partial charge in [0.1, 0.15) is 24.4 Å². The van der Waals surface area contributed by atoms with Crippen LogP contribution < -0.4 is 0 Å². The minimum Gasteiger partial charge on any atom is -0.452 e. The van der Waals surface area contributed by atoms with Gasteiger partial charge in [-0.1, -0.05) is 36.4 Å². The van der Waals surface area contributed by atoms with E-state index in [1.807, 2.05) is 0 Å². The summed E-state index contributed by atoms with van der Waals surface area (Å²) in [6, 6.07) is 16.4. The predicted octanol–water partition coefficient (Wildman–Crippen LogP) is 1.69. The first kappa shape index (κ1) is 21.5. The lowest BCUT2D eigenvalue weighted by molar-refractivity contribution is -0.194. The van der Waals surface area contributed by atoms with Crippen molar-refractivity contribution in [2.75, 3.05) is 0 Å². The maximum atomic E-state index is 12.7. The first-order valence-corrected chi connectivity index (χ1v) is 10.0. The molecule has 1 aliphatic heterocycles. The summed E-state index contributed by atoms with van der Waals surface area (Å²) in [6.45, 7) is 3.28. The fraction of sp³-hybridized carbons (Fsp3) is 0.391. The summed E-state index contributed by atoms with van der Waals surface area (Å²) in [4.78, 5) is 25.3. The number of esters is 2. The Bertz CT molecular complexity index is 854. The number of carbonyl (C=O) groups excluding carboxylic acids is 2. The molecule has 2 aliphatic rings. The van der Waals surface area contributed by atoms with E-state index in [9.17, 15) is 19.8 Å². The standard InChI is InChI=1S/C23H24O8/c1-23(2)30-19-15(24)17(28-21(26)13-9-5-3-6-10-13)18(16(25)20(19)31-23)29-22(27)14-11-7-4-8-12-14/h3-12,15-20,24-25H,1-2H3/t15-,16+,17-,18-,19+,20+/m1/s1. The van der Waals surface area contributed by atoms with Crippen molar-refractivity contribution in [3.05, 3.63) is 71.8 Å². The quantitative estimate of drug-likeness (QED) is 0.708. The molecular formula is C23H24O8. The molecule has 0 bridgehead atoms. The first-order chi connectivity index (χ1) is 14.8. The van der Waals surface area contributed by atoms with E-state index in [2.05, 4.69) is 0 Å². The topological polar surface area (TPSA) is 112 Å². The number of carbonyl (C=O) groups is 2. The summed E-state index contributed by atoms with van der Waals surface area (Å²) in [5, 5.41) is 21.9. The van der Waals surface area contributed by atoms with Crippen LogP contribution in [0.1, 0.15) is 34.6 Å². The molecule has 0 amide bonds. The van der Waals surface area contributed by atoms with Crippen molar-refractivity contribution in [1.82, 2.24) is 0 Å². The Morgan fingerprint density at radius 3 is 1.45 bits per heavy atom. The number of rotatable bonds is 4. The molecule has 2 N–H and O–H groups in total. The highest BCUT2D eigenvalue weighted by molar-refractivity contribution is 5.90. The average molecular weight is 428 g/mol. The number of fused-ring (bicyclic) bond motifs is 1. The van der Waals surface area contributed by atoms with Gasteiger partial charge in [0.25, 0.3) is 0 Å². The van der Waals surface area contributed by atoms with Crippen LogP contribution in [0.2, 0.25) is 0 Å². The monoisotopic (exact) mass is 428 g/mol. The molecule has 0 aromatic heterocycles. The van der Waals surface area contributed by atoms with Gasteiger partial charge in [-0.3, -0.25) is 0 Å². The molecule has 1 heterocycles. The van der Waals surface area contributed by atoms with E-state index in [1.54, 1.807) is 74.5 Å². The Balaban J connectivity index is 1.62. The molecule has 31 heavy (non-hydrogen) atoms. The normalized spacial score (nSPS) is 31.5. The molecule has 2 fully saturated rings. The minimum atomic E-state index is -1.39. The third kappa shape index (κ3) is 4.33. The molecular weight excluding hydrogens is 404 g/mol. The van der Waals surface area contributed by atoms with Crippen LogP contribution in [-0.4, -0.2) is 64.6 Å². The number of ether oxygens (including phenoxy) is 4. The summed E-state index contributed by atoms with van der Waals surface area (Å²) < 4.78 is 22.5. The molecule has 0 spiro atoms. The van der Waals surface area contributed by atoms with E-state index >= 15 is 0 Å². The van der Waals surface area contributed by atoms with Crippen molar-refractivity contribution >= 4 is 11.9 Å². The molecule has 8 heteroatoms. The van der Waals surface area contributed by atoms with Gasteiger partial charge < -0.3 is 29.2 Å². The third-order valence-electron chi connectivity index (χ3n) is 5.34. The van der Waals surface area contributed by atoms with Crippen LogP contribution >= 0.6 is 0 Å². The molecule has 0 unspecified atom stereocenters. The minimum absolute atomic E-state index is 0.253. The van der Waals surface area contributed by atoms with E-state index in [-0.39, 0.29) is 11.1 Å². The summed E-state index contributed by atoms with van der Waals surface area (Å²) in [7, 11) is 0. The van der Waals surface area contributed by atoms with Gasteiger partial charge in [0.2, 0.25) is 0 Å². The SMILES string of the molecule is CC1(C)O[C@H]2[C@H](O)[C@@H](OC(=O)c3ccccc3)[C@H](OC(=O)c3ccccc3)[C@H](O)[C@@H]2O1. The highest BCUT2D eigenvalue weighted by Crippen LogP contribution is 2.39. The van der Waals surface area contributed by atoms with Crippen molar-refractivity contribution in [3.63, 3.8) is 0 Å². The van der Waals surface area contributed by atoms with Crippen molar-refractivity contribution in [3.8, 4) is 0 Å². The molecule has 164 valence electrons. The molecule has 1 aliphatic carbocycles. The average Bonchev–Trinajstić information content (AvgIpc) is 3.11. The lowest BCUT2D eigenvalue weighted by Crippen LogP contribution is -2.64. The van der Waals surface area contributed by atoms with Crippen LogP contribution in [0.25, 0.3) is 0 Å². The van der Waals surface area contributed by atoms with E-state index in [4.69, 9.17) is 18.9 Å². The zero-order chi connectivity index (χ0) is 22.2. The molecule has 1 saturated carbocycles. The van der Waals surface area contributed by atoms with Gasteiger partial charge in [-0.2, -0.15) is 0 Å². The van der Waals surface area contributed by atoms with Crippen molar-refractivity contribution in [1.29, 1.82) is 0 Å². The molecule has 2 aromatic carbocycles. The van der Waals surface area contributed by atoms with Gasteiger partial charge in [-0.25, -0.2) is 9.59 Å². The maximum absolute atomic E-state index is 12.7. The van der Waals surface area contributed by atoms with Crippen molar-refractivity contribution in [2.24, 2.45) is 0 Å². The van der Waals surface area contributed by atoms with Crippen LogP contribution in [0.5, 0.6) is 0 Å².